The van der Waals surface area contributed by atoms with Gasteiger partial charge in [0.25, 0.3) is 5.91 Å². The minimum atomic E-state index is -0.496. The third kappa shape index (κ3) is 5.29. The number of fused-ring (bicyclic) bond motifs is 1. The molecule has 0 unspecified atom stereocenters. The molecule has 0 saturated carbocycles. The van der Waals surface area contributed by atoms with E-state index in [2.05, 4.69) is 5.32 Å². The van der Waals surface area contributed by atoms with Crippen LogP contribution in [0.25, 0.3) is 11.0 Å². The molecule has 180 valence electrons. The Hall–Kier alpha value is -3.48. The fourth-order valence-corrected chi connectivity index (χ4v) is 4.13. The van der Waals surface area contributed by atoms with E-state index in [-0.39, 0.29) is 32.8 Å². The number of benzene rings is 3. The molecule has 8 heteroatoms. The zero-order chi connectivity index (χ0) is 24.9. The maximum absolute atomic E-state index is 13.3. The number of para-hydroxylation sites is 1. The predicted molar refractivity (Wildman–Crippen MR) is 137 cm³/mol. The topological polar surface area (TPSA) is 77.8 Å². The summed E-state index contributed by atoms with van der Waals surface area (Å²) in [6.45, 7) is 2.52. The van der Waals surface area contributed by atoms with Gasteiger partial charge in [0.1, 0.15) is 11.3 Å². The third-order valence-electron chi connectivity index (χ3n) is 5.40. The normalized spacial score (nSPS) is 10.9. The second-order valence-corrected chi connectivity index (χ2v) is 8.60. The molecule has 0 aliphatic rings. The molecule has 0 saturated heterocycles. The number of nitrogens with one attached hydrogen (secondary N) is 1. The Morgan fingerprint density at radius 1 is 0.971 bits per heavy atom. The van der Waals surface area contributed by atoms with Crippen molar-refractivity contribution in [3.05, 3.63) is 87.6 Å². The van der Waals surface area contributed by atoms with Gasteiger partial charge in [0.2, 0.25) is 5.78 Å². The largest absolute Gasteiger partial charge is 0.497 e. The zero-order valence-electron chi connectivity index (χ0n) is 19.2. The number of anilines is 1. The van der Waals surface area contributed by atoms with Gasteiger partial charge in [-0.15, -0.1) is 0 Å². The number of carbonyl (C=O) groups is 2. The molecule has 1 heterocycles. The zero-order valence-corrected chi connectivity index (χ0v) is 20.7. The molecule has 35 heavy (non-hydrogen) atoms. The minimum absolute atomic E-state index is 0.0152. The van der Waals surface area contributed by atoms with E-state index in [1.54, 1.807) is 55.6 Å². The van der Waals surface area contributed by atoms with Crippen LogP contribution in [0.3, 0.4) is 0 Å². The van der Waals surface area contributed by atoms with Crippen molar-refractivity contribution in [3.8, 4) is 11.5 Å². The summed E-state index contributed by atoms with van der Waals surface area (Å²) in [5.74, 6) is 0.0959. The first-order chi connectivity index (χ1) is 16.9. The monoisotopic (exact) mass is 511 g/mol. The van der Waals surface area contributed by atoms with Crippen molar-refractivity contribution in [3.63, 3.8) is 0 Å². The van der Waals surface area contributed by atoms with Crippen LogP contribution in [0.4, 0.5) is 5.69 Å². The summed E-state index contributed by atoms with van der Waals surface area (Å²) in [6, 6.07) is 16.7. The number of halogens is 2. The summed E-state index contributed by atoms with van der Waals surface area (Å²) in [4.78, 5) is 26.5. The molecule has 0 radical (unpaired) electrons. The van der Waals surface area contributed by atoms with E-state index < -0.39 is 5.91 Å². The van der Waals surface area contributed by atoms with Crippen LogP contribution in [0.5, 0.6) is 11.5 Å². The number of ether oxygens (including phenoxy) is 2. The van der Waals surface area contributed by atoms with Gasteiger partial charge in [-0.2, -0.15) is 0 Å². The van der Waals surface area contributed by atoms with Crippen LogP contribution >= 0.6 is 23.2 Å². The highest BCUT2D eigenvalue weighted by Gasteiger charge is 2.24. The standard InChI is InChI=1S/C27H23Cl2NO5/c1-3-4-13-34-25-20(28)14-17(15-21(25)29)27(32)30-23-19-7-5-6-8-22(19)35-26(23)24(31)16-9-11-18(33-2)12-10-16/h5-12,14-15H,3-4,13H2,1-2H3,(H,30,32). The molecule has 1 N–H and O–H groups in total. The van der Waals surface area contributed by atoms with Crippen molar-refractivity contribution >= 4 is 51.5 Å². The number of unbranched alkanes of at least 4 members (excludes halogenated alkanes) is 1. The molecule has 1 aromatic heterocycles. The lowest BCUT2D eigenvalue weighted by atomic mass is 10.1. The van der Waals surface area contributed by atoms with Crippen LogP contribution in [-0.4, -0.2) is 25.4 Å². The van der Waals surface area contributed by atoms with E-state index >= 15 is 0 Å². The summed E-state index contributed by atoms with van der Waals surface area (Å²) in [5.41, 5.74) is 1.34. The van der Waals surface area contributed by atoms with Crippen molar-refractivity contribution in [2.45, 2.75) is 19.8 Å². The molecule has 4 rings (SSSR count). The predicted octanol–water partition coefficient (Wildman–Crippen LogP) is 7.41. The van der Waals surface area contributed by atoms with Crippen LogP contribution < -0.4 is 14.8 Å². The van der Waals surface area contributed by atoms with Gasteiger partial charge in [-0.3, -0.25) is 9.59 Å². The number of carbonyl (C=O) groups excluding carboxylic acids is 2. The molecule has 6 nitrogen and oxygen atoms in total. The van der Waals surface area contributed by atoms with Gasteiger partial charge in [-0.05, 0) is 55.0 Å². The van der Waals surface area contributed by atoms with E-state index in [1.165, 1.54) is 12.1 Å². The highest BCUT2D eigenvalue weighted by atomic mass is 35.5. The SMILES string of the molecule is CCCCOc1c(Cl)cc(C(=O)Nc2c(C(=O)c3ccc(OC)cc3)oc3ccccc23)cc1Cl. The molecule has 0 spiro atoms. The van der Waals surface area contributed by atoms with Gasteiger partial charge >= 0.3 is 0 Å². The van der Waals surface area contributed by atoms with E-state index in [0.29, 0.717) is 34.6 Å². The first kappa shape index (κ1) is 24.6. The molecule has 1 amide bonds. The van der Waals surface area contributed by atoms with Gasteiger partial charge in [0, 0.05) is 16.5 Å². The van der Waals surface area contributed by atoms with Gasteiger partial charge < -0.3 is 19.2 Å². The Morgan fingerprint density at radius 2 is 1.66 bits per heavy atom. The summed E-state index contributed by atoms with van der Waals surface area (Å²) in [6.07, 6.45) is 1.82. The molecule has 3 aromatic carbocycles. The Balaban J connectivity index is 1.67. The minimum Gasteiger partial charge on any atom is -0.497 e. The number of hydrogen-bond donors (Lipinski definition) is 1. The maximum atomic E-state index is 13.3. The average molecular weight is 512 g/mol. The van der Waals surface area contributed by atoms with Crippen molar-refractivity contribution in [2.24, 2.45) is 0 Å². The van der Waals surface area contributed by atoms with Crippen molar-refractivity contribution in [1.82, 2.24) is 0 Å². The molecule has 4 aromatic rings. The molecule has 0 atom stereocenters. The first-order valence-electron chi connectivity index (χ1n) is 11.1. The van der Waals surface area contributed by atoms with Crippen LogP contribution in [0.1, 0.15) is 46.2 Å². The molecule has 0 aliphatic carbocycles. The molecule has 0 bridgehead atoms. The average Bonchev–Trinajstić information content (AvgIpc) is 3.23. The number of rotatable bonds is 9. The lowest BCUT2D eigenvalue weighted by molar-refractivity contribution is 0.101. The van der Waals surface area contributed by atoms with E-state index in [0.717, 1.165) is 12.8 Å². The fraction of sp³-hybridized carbons (Fsp3) is 0.185. The quantitative estimate of drug-likeness (QED) is 0.187. The second kappa shape index (κ2) is 10.8. The van der Waals surface area contributed by atoms with Crippen LogP contribution in [0.15, 0.2) is 65.1 Å². The number of ketones is 1. The van der Waals surface area contributed by atoms with Crippen LogP contribution in [0, 0.1) is 0 Å². The summed E-state index contributed by atoms with van der Waals surface area (Å²) < 4.78 is 16.7. The second-order valence-electron chi connectivity index (χ2n) is 7.79. The summed E-state index contributed by atoms with van der Waals surface area (Å²) >= 11 is 12.7. The molecular weight excluding hydrogens is 489 g/mol. The Kier molecular flexibility index (Phi) is 7.63. The van der Waals surface area contributed by atoms with Gasteiger partial charge in [0.15, 0.2) is 11.5 Å². The van der Waals surface area contributed by atoms with Gasteiger partial charge in [-0.1, -0.05) is 48.7 Å². The van der Waals surface area contributed by atoms with Crippen molar-refractivity contribution < 1.29 is 23.5 Å². The van der Waals surface area contributed by atoms with E-state index in [1.807, 2.05) is 6.92 Å². The Bertz CT molecular complexity index is 1360. The van der Waals surface area contributed by atoms with Gasteiger partial charge in [-0.25, -0.2) is 0 Å². The lowest BCUT2D eigenvalue weighted by Crippen LogP contribution is -2.14. The molecular formula is C27H23Cl2NO5. The van der Waals surface area contributed by atoms with Gasteiger partial charge in [0.05, 0.1) is 29.4 Å². The van der Waals surface area contributed by atoms with Crippen molar-refractivity contribution in [2.75, 3.05) is 19.0 Å². The Morgan fingerprint density at radius 3 is 2.31 bits per heavy atom. The number of amides is 1. The van der Waals surface area contributed by atoms with E-state index in [9.17, 15) is 9.59 Å². The van der Waals surface area contributed by atoms with E-state index in [4.69, 9.17) is 37.1 Å². The highest BCUT2D eigenvalue weighted by Crippen LogP contribution is 2.36. The number of hydrogen-bond acceptors (Lipinski definition) is 5. The Labute approximate surface area is 212 Å². The van der Waals surface area contributed by atoms with Crippen molar-refractivity contribution in [1.29, 1.82) is 0 Å². The maximum Gasteiger partial charge on any atom is 0.255 e. The van der Waals surface area contributed by atoms with Crippen LogP contribution in [-0.2, 0) is 0 Å². The number of furan rings is 1. The number of methoxy groups -OCH3 is 1. The highest BCUT2D eigenvalue weighted by molar-refractivity contribution is 6.38. The third-order valence-corrected chi connectivity index (χ3v) is 5.96. The first-order valence-corrected chi connectivity index (χ1v) is 11.8. The molecule has 0 fully saturated rings. The summed E-state index contributed by atoms with van der Waals surface area (Å²) in [5, 5.41) is 3.86. The smallest absolute Gasteiger partial charge is 0.255 e. The summed E-state index contributed by atoms with van der Waals surface area (Å²) in [7, 11) is 1.55. The molecule has 0 aliphatic heterocycles. The van der Waals surface area contributed by atoms with Crippen LogP contribution in [0.2, 0.25) is 10.0 Å². The lowest BCUT2D eigenvalue weighted by Gasteiger charge is -2.12. The fourth-order valence-electron chi connectivity index (χ4n) is 3.54.